The molecule has 0 aliphatic carbocycles. The highest BCUT2D eigenvalue weighted by Crippen LogP contribution is 2.36. The summed E-state index contributed by atoms with van der Waals surface area (Å²) in [5.41, 5.74) is 0.834. The van der Waals surface area contributed by atoms with Crippen molar-refractivity contribution in [2.75, 3.05) is 31.7 Å². The number of nitrogens with zero attached hydrogens (tertiary/aromatic N) is 3. The van der Waals surface area contributed by atoms with Gasteiger partial charge in [-0.25, -0.2) is 4.98 Å². The van der Waals surface area contributed by atoms with Crippen molar-refractivity contribution in [2.24, 2.45) is 0 Å². The van der Waals surface area contributed by atoms with Gasteiger partial charge in [0, 0.05) is 11.5 Å². The van der Waals surface area contributed by atoms with Crippen LogP contribution in [0.3, 0.4) is 0 Å². The second-order valence-corrected chi connectivity index (χ2v) is 6.59. The number of fused-ring (bicyclic) bond motifs is 1. The molecule has 1 aliphatic heterocycles. The second-order valence-electron chi connectivity index (χ2n) is 6.59. The minimum Gasteiger partial charge on any atom is -0.494 e. The van der Waals surface area contributed by atoms with E-state index in [-0.39, 0.29) is 35.5 Å². The van der Waals surface area contributed by atoms with Gasteiger partial charge in [-0.3, -0.25) is 0 Å². The Morgan fingerprint density at radius 1 is 1.16 bits per heavy atom. The number of aryl methyl sites for hydroxylation is 1. The fourth-order valence-electron chi connectivity index (χ4n) is 3.09. The van der Waals surface area contributed by atoms with Crippen molar-refractivity contribution in [1.29, 1.82) is 0 Å². The summed E-state index contributed by atoms with van der Waals surface area (Å²) >= 11 is 0. The maximum atomic E-state index is 13.0. The summed E-state index contributed by atoms with van der Waals surface area (Å²) in [4.78, 5) is 4.29. The van der Waals surface area contributed by atoms with Gasteiger partial charge >= 0.3 is 12.4 Å². The Bertz CT molecular complexity index is 1070. The van der Waals surface area contributed by atoms with Gasteiger partial charge in [0.2, 0.25) is 0 Å². The summed E-state index contributed by atoms with van der Waals surface area (Å²) in [6, 6.07) is 4.50. The third-order valence-corrected chi connectivity index (χ3v) is 4.35. The summed E-state index contributed by atoms with van der Waals surface area (Å²) in [5, 5.41) is 11.1. The van der Waals surface area contributed by atoms with E-state index < -0.39 is 18.4 Å². The maximum absolute atomic E-state index is 13.0. The van der Waals surface area contributed by atoms with Crippen LogP contribution in [0.4, 0.5) is 19.2 Å². The zero-order valence-corrected chi connectivity index (χ0v) is 16.7. The SMILES string of the molecule is CCOc1cc(OC(F)(F)F)c2nc(-c3nnc(NCC4OCCO4)o3)cc(C)c2c1. The molecule has 31 heavy (non-hydrogen) atoms. The minimum absolute atomic E-state index is 0.00348. The zero-order chi connectivity index (χ0) is 22.0. The number of alkyl halides is 3. The number of rotatable bonds is 7. The summed E-state index contributed by atoms with van der Waals surface area (Å²) in [5.74, 6) is -0.202. The molecule has 0 radical (unpaired) electrons. The van der Waals surface area contributed by atoms with Crippen molar-refractivity contribution in [1.82, 2.24) is 15.2 Å². The lowest BCUT2D eigenvalue weighted by Gasteiger charge is -2.14. The molecule has 2 aromatic heterocycles. The molecule has 1 N–H and O–H groups in total. The molecule has 1 fully saturated rings. The van der Waals surface area contributed by atoms with Gasteiger partial charge in [0.05, 0.1) is 26.4 Å². The Morgan fingerprint density at radius 2 is 1.94 bits per heavy atom. The number of nitrogens with one attached hydrogen (secondary N) is 1. The van der Waals surface area contributed by atoms with E-state index >= 15 is 0 Å². The Morgan fingerprint density at radius 3 is 2.65 bits per heavy atom. The van der Waals surface area contributed by atoms with Crippen molar-refractivity contribution in [3.63, 3.8) is 0 Å². The topological polar surface area (TPSA) is 101 Å². The predicted octanol–water partition coefficient (Wildman–Crippen LogP) is 3.68. The first-order valence-corrected chi connectivity index (χ1v) is 9.47. The van der Waals surface area contributed by atoms with Crippen molar-refractivity contribution >= 4 is 16.9 Å². The maximum Gasteiger partial charge on any atom is 0.573 e. The van der Waals surface area contributed by atoms with Gasteiger partial charge in [0.1, 0.15) is 17.0 Å². The molecule has 9 nitrogen and oxygen atoms in total. The van der Waals surface area contributed by atoms with Gasteiger partial charge in [0.15, 0.2) is 12.0 Å². The lowest BCUT2D eigenvalue weighted by Crippen LogP contribution is -2.20. The van der Waals surface area contributed by atoms with Crippen LogP contribution in [0.15, 0.2) is 22.6 Å². The molecular formula is C19H19F3N4O5. The van der Waals surface area contributed by atoms with Crippen LogP contribution in [0.2, 0.25) is 0 Å². The van der Waals surface area contributed by atoms with Gasteiger partial charge in [-0.05, 0) is 31.5 Å². The predicted molar refractivity (Wildman–Crippen MR) is 102 cm³/mol. The number of aromatic nitrogens is 3. The van der Waals surface area contributed by atoms with Gasteiger partial charge in [-0.1, -0.05) is 5.10 Å². The molecule has 0 spiro atoms. The molecule has 0 saturated carbocycles. The van der Waals surface area contributed by atoms with Crippen LogP contribution in [-0.4, -0.2) is 54.2 Å². The van der Waals surface area contributed by atoms with Crippen LogP contribution in [0, 0.1) is 6.92 Å². The highest BCUT2D eigenvalue weighted by Gasteiger charge is 2.33. The molecule has 0 bridgehead atoms. The number of anilines is 1. The number of hydrogen-bond acceptors (Lipinski definition) is 9. The number of hydrogen-bond donors (Lipinski definition) is 1. The summed E-state index contributed by atoms with van der Waals surface area (Å²) < 4.78 is 64.6. The summed E-state index contributed by atoms with van der Waals surface area (Å²) in [7, 11) is 0. The molecule has 3 aromatic rings. The van der Waals surface area contributed by atoms with Gasteiger partial charge < -0.3 is 28.7 Å². The van der Waals surface area contributed by atoms with E-state index in [9.17, 15) is 13.2 Å². The van der Waals surface area contributed by atoms with Gasteiger partial charge in [-0.2, -0.15) is 0 Å². The van der Waals surface area contributed by atoms with Gasteiger partial charge in [-0.15, -0.1) is 18.3 Å². The Balaban J connectivity index is 1.67. The van der Waals surface area contributed by atoms with Crippen molar-refractivity contribution in [3.05, 3.63) is 23.8 Å². The molecule has 4 rings (SSSR count). The van der Waals surface area contributed by atoms with Crippen LogP contribution in [0.25, 0.3) is 22.5 Å². The average Bonchev–Trinajstić information content (AvgIpc) is 3.38. The van der Waals surface area contributed by atoms with Crippen LogP contribution in [-0.2, 0) is 9.47 Å². The molecular weight excluding hydrogens is 421 g/mol. The van der Waals surface area contributed by atoms with Crippen LogP contribution in [0.1, 0.15) is 12.5 Å². The lowest BCUT2D eigenvalue weighted by atomic mass is 10.1. The first-order chi connectivity index (χ1) is 14.8. The van der Waals surface area contributed by atoms with E-state index in [2.05, 4.69) is 25.2 Å². The Hall–Kier alpha value is -3.12. The van der Waals surface area contributed by atoms with Gasteiger partial charge in [0.25, 0.3) is 5.89 Å². The van der Waals surface area contributed by atoms with Crippen LogP contribution >= 0.6 is 0 Å². The smallest absolute Gasteiger partial charge is 0.494 e. The van der Waals surface area contributed by atoms with E-state index in [1.807, 2.05) is 0 Å². The summed E-state index contributed by atoms with van der Waals surface area (Å²) in [6.07, 6.45) is -5.31. The van der Waals surface area contributed by atoms with E-state index in [0.29, 0.717) is 30.7 Å². The number of halogens is 3. The van der Waals surface area contributed by atoms with E-state index in [0.717, 1.165) is 6.07 Å². The fraction of sp³-hybridized carbons (Fsp3) is 0.421. The first kappa shape index (κ1) is 21.1. The normalized spacial score (nSPS) is 14.9. The quantitative estimate of drug-likeness (QED) is 0.590. The molecule has 0 unspecified atom stereocenters. The molecule has 12 heteroatoms. The third-order valence-electron chi connectivity index (χ3n) is 4.35. The van der Waals surface area contributed by atoms with Crippen LogP contribution in [0.5, 0.6) is 11.5 Å². The minimum atomic E-state index is -4.89. The third kappa shape index (κ3) is 4.97. The standard InChI is InChI=1S/C19H19F3N4O5/c1-3-27-11-7-12-10(2)6-13(24-16(12)14(8-11)31-19(20,21)22)17-25-26-18(30-17)23-9-15-28-4-5-29-15/h6-8,15H,3-5,9H2,1-2H3,(H,23,26). The first-order valence-electron chi connectivity index (χ1n) is 9.47. The van der Waals surface area contributed by atoms with E-state index in [1.54, 1.807) is 26.0 Å². The molecule has 166 valence electrons. The lowest BCUT2D eigenvalue weighted by molar-refractivity contribution is -0.274. The molecule has 0 atom stereocenters. The van der Waals surface area contributed by atoms with E-state index in [4.69, 9.17) is 18.6 Å². The largest absolute Gasteiger partial charge is 0.573 e. The Kier molecular flexibility index (Phi) is 5.83. The highest BCUT2D eigenvalue weighted by molar-refractivity contribution is 5.90. The fourth-order valence-corrected chi connectivity index (χ4v) is 3.09. The van der Waals surface area contributed by atoms with E-state index in [1.165, 1.54) is 0 Å². The monoisotopic (exact) mass is 440 g/mol. The molecule has 3 heterocycles. The summed E-state index contributed by atoms with van der Waals surface area (Å²) in [6.45, 7) is 5.07. The molecule has 1 aromatic carbocycles. The number of pyridine rings is 1. The Labute approximate surface area is 174 Å². The van der Waals surface area contributed by atoms with Crippen molar-refractivity contribution < 1.29 is 36.5 Å². The van der Waals surface area contributed by atoms with Crippen LogP contribution < -0.4 is 14.8 Å². The van der Waals surface area contributed by atoms with Crippen molar-refractivity contribution in [3.8, 4) is 23.1 Å². The second kappa shape index (κ2) is 8.55. The zero-order valence-electron chi connectivity index (χ0n) is 16.7. The highest BCUT2D eigenvalue weighted by atomic mass is 19.4. The average molecular weight is 440 g/mol. The number of ether oxygens (including phenoxy) is 4. The number of benzene rings is 1. The molecule has 1 saturated heterocycles. The van der Waals surface area contributed by atoms with Crippen molar-refractivity contribution in [2.45, 2.75) is 26.5 Å². The molecule has 0 amide bonds. The molecule has 1 aliphatic rings.